The van der Waals surface area contributed by atoms with Crippen LogP contribution < -0.4 is 10.1 Å². The molecule has 0 saturated carbocycles. The summed E-state index contributed by atoms with van der Waals surface area (Å²) in [4.78, 5) is 12.6. The van der Waals surface area contributed by atoms with Crippen LogP contribution in [0.5, 0.6) is 5.75 Å². The molecule has 2 aromatic carbocycles. The van der Waals surface area contributed by atoms with E-state index in [1.807, 2.05) is 12.1 Å². The summed E-state index contributed by atoms with van der Waals surface area (Å²) in [6, 6.07) is 11.7. The number of carbonyl (C=O) groups is 1. The van der Waals surface area contributed by atoms with Crippen molar-refractivity contribution in [1.82, 2.24) is 9.62 Å². The lowest BCUT2D eigenvalue weighted by molar-refractivity contribution is -0.126. The van der Waals surface area contributed by atoms with Gasteiger partial charge in [0.15, 0.2) is 0 Å². The van der Waals surface area contributed by atoms with E-state index < -0.39 is 15.9 Å². The second-order valence-electron chi connectivity index (χ2n) is 6.84. The number of amides is 1. The van der Waals surface area contributed by atoms with E-state index in [1.165, 1.54) is 23.5 Å². The number of rotatable bonds is 6. The van der Waals surface area contributed by atoms with E-state index in [0.717, 1.165) is 5.56 Å². The van der Waals surface area contributed by atoms with E-state index in [2.05, 4.69) is 5.32 Å². The van der Waals surface area contributed by atoms with Crippen LogP contribution in [0.25, 0.3) is 0 Å². The molecule has 156 valence electrons. The Morgan fingerprint density at radius 1 is 1.17 bits per heavy atom. The van der Waals surface area contributed by atoms with Crippen LogP contribution in [-0.2, 0) is 21.4 Å². The lowest BCUT2D eigenvalue weighted by atomic mass is 9.99. The van der Waals surface area contributed by atoms with Gasteiger partial charge in [0.1, 0.15) is 10.6 Å². The van der Waals surface area contributed by atoms with Crippen LogP contribution in [0.2, 0.25) is 10.0 Å². The molecule has 0 aliphatic carbocycles. The largest absolute Gasteiger partial charge is 0.495 e. The smallest absolute Gasteiger partial charge is 0.246 e. The third-order valence-corrected chi connectivity index (χ3v) is 7.25. The molecular weight excluding hydrogens is 435 g/mol. The van der Waals surface area contributed by atoms with Gasteiger partial charge in [0.2, 0.25) is 15.9 Å². The molecule has 0 bridgehead atoms. The molecule has 9 heteroatoms. The second-order valence-corrected chi connectivity index (χ2v) is 9.62. The van der Waals surface area contributed by atoms with E-state index in [9.17, 15) is 13.2 Å². The van der Waals surface area contributed by atoms with E-state index in [1.54, 1.807) is 18.2 Å². The van der Waals surface area contributed by atoms with Crippen LogP contribution in [0, 0.1) is 5.92 Å². The third-order valence-electron chi connectivity index (χ3n) is 4.88. The number of carbonyl (C=O) groups excluding carboxylic acids is 1. The number of hydrogen-bond acceptors (Lipinski definition) is 4. The predicted octanol–water partition coefficient (Wildman–Crippen LogP) is 3.72. The summed E-state index contributed by atoms with van der Waals surface area (Å²) in [6.07, 6.45) is 1.23. The number of piperidine rings is 1. The molecule has 1 heterocycles. The Kier molecular flexibility index (Phi) is 7.05. The molecule has 1 amide bonds. The van der Waals surface area contributed by atoms with Gasteiger partial charge in [-0.05, 0) is 48.7 Å². The van der Waals surface area contributed by atoms with Crippen LogP contribution in [0.3, 0.4) is 0 Å². The zero-order valence-electron chi connectivity index (χ0n) is 15.9. The number of halogens is 2. The van der Waals surface area contributed by atoms with Gasteiger partial charge < -0.3 is 10.1 Å². The summed E-state index contributed by atoms with van der Waals surface area (Å²) in [5, 5.41) is 3.82. The summed E-state index contributed by atoms with van der Waals surface area (Å²) in [5.41, 5.74) is 0.923. The topological polar surface area (TPSA) is 75.7 Å². The highest BCUT2D eigenvalue weighted by molar-refractivity contribution is 7.89. The first-order chi connectivity index (χ1) is 13.8. The summed E-state index contributed by atoms with van der Waals surface area (Å²) in [5.74, 6) is -0.363. The van der Waals surface area contributed by atoms with Gasteiger partial charge in [-0.1, -0.05) is 35.3 Å². The van der Waals surface area contributed by atoms with Crippen molar-refractivity contribution in [3.8, 4) is 5.75 Å². The van der Waals surface area contributed by atoms with Crippen molar-refractivity contribution in [3.05, 3.63) is 58.1 Å². The number of hydrogen-bond donors (Lipinski definition) is 1. The zero-order chi connectivity index (χ0) is 21.0. The minimum absolute atomic E-state index is 0.00900. The Morgan fingerprint density at radius 3 is 2.55 bits per heavy atom. The molecule has 6 nitrogen and oxygen atoms in total. The fraction of sp³-hybridized carbons (Fsp3) is 0.350. The molecule has 0 radical (unpaired) electrons. The highest BCUT2D eigenvalue weighted by Crippen LogP contribution is 2.32. The molecule has 1 N–H and O–H groups in total. The minimum Gasteiger partial charge on any atom is -0.495 e. The van der Waals surface area contributed by atoms with Gasteiger partial charge in [0, 0.05) is 29.7 Å². The van der Waals surface area contributed by atoms with E-state index >= 15 is 0 Å². The third kappa shape index (κ3) is 5.22. The second kappa shape index (κ2) is 9.34. The number of methoxy groups -OCH3 is 1. The molecular formula is C20H22Cl2N2O4S. The van der Waals surface area contributed by atoms with Crippen LogP contribution in [0.4, 0.5) is 0 Å². The summed E-state index contributed by atoms with van der Waals surface area (Å²) < 4.78 is 32.8. The quantitative estimate of drug-likeness (QED) is 0.718. The molecule has 0 spiro atoms. The molecule has 1 aliphatic heterocycles. The molecule has 1 atom stereocenters. The fourth-order valence-corrected chi connectivity index (χ4v) is 5.37. The molecule has 0 unspecified atom stereocenters. The number of nitrogens with zero attached hydrogens (tertiary/aromatic N) is 1. The Labute approximate surface area is 180 Å². The number of ether oxygens (including phenoxy) is 1. The first kappa shape index (κ1) is 21.9. The lowest BCUT2D eigenvalue weighted by Gasteiger charge is -2.31. The highest BCUT2D eigenvalue weighted by Gasteiger charge is 2.34. The fourth-order valence-electron chi connectivity index (χ4n) is 3.30. The Balaban J connectivity index is 1.70. The van der Waals surface area contributed by atoms with E-state index in [4.69, 9.17) is 27.9 Å². The van der Waals surface area contributed by atoms with Crippen molar-refractivity contribution in [2.75, 3.05) is 20.2 Å². The zero-order valence-corrected chi connectivity index (χ0v) is 18.2. The minimum atomic E-state index is -3.84. The standard InChI is InChI=1S/C20H22Cl2N2O4S/c1-28-18-9-8-17(22)11-19(18)29(26,27)24-10-2-3-15(13-24)20(25)23-12-14-4-6-16(21)7-5-14/h4-9,11,15H,2-3,10,12-13H2,1H3,(H,23,25)/t15-/m0/s1. The normalized spacial score (nSPS) is 17.7. The van der Waals surface area contributed by atoms with Crippen molar-refractivity contribution < 1.29 is 17.9 Å². The summed E-state index contributed by atoms with van der Waals surface area (Å²) >= 11 is 11.9. The highest BCUT2D eigenvalue weighted by atomic mass is 35.5. The molecule has 1 saturated heterocycles. The van der Waals surface area contributed by atoms with Gasteiger partial charge in [-0.2, -0.15) is 4.31 Å². The molecule has 2 aromatic rings. The predicted molar refractivity (Wildman–Crippen MR) is 113 cm³/mol. The summed E-state index contributed by atoms with van der Waals surface area (Å²) in [7, 11) is -2.43. The van der Waals surface area contributed by atoms with E-state index in [-0.39, 0.29) is 23.1 Å². The van der Waals surface area contributed by atoms with Gasteiger partial charge >= 0.3 is 0 Å². The monoisotopic (exact) mass is 456 g/mol. The molecule has 0 aromatic heterocycles. The molecule has 3 rings (SSSR count). The SMILES string of the molecule is COc1ccc(Cl)cc1S(=O)(=O)N1CCC[C@H](C(=O)NCc2ccc(Cl)cc2)C1. The first-order valence-electron chi connectivity index (χ1n) is 9.17. The van der Waals surface area contributed by atoms with Gasteiger partial charge in [-0.3, -0.25) is 4.79 Å². The van der Waals surface area contributed by atoms with Crippen molar-refractivity contribution in [2.24, 2.45) is 5.92 Å². The average Bonchev–Trinajstić information content (AvgIpc) is 2.73. The van der Waals surface area contributed by atoms with Crippen LogP contribution in [-0.4, -0.2) is 38.8 Å². The Morgan fingerprint density at radius 2 is 1.86 bits per heavy atom. The first-order valence-corrected chi connectivity index (χ1v) is 11.4. The molecule has 1 aliphatic rings. The van der Waals surface area contributed by atoms with Gasteiger partial charge in [-0.25, -0.2) is 8.42 Å². The molecule has 29 heavy (non-hydrogen) atoms. The maximum absolute atomic E-state index is 13.1. The van der Waals surface area contributed by atoms with Gasteiger partial charge in [0.05, 0.1) is 13.0 Å². The Bertz CT molecular complexity index is 980. The van der Waals surface area contributed by atoms with Crippen LogP contribution in [0.15, 0.2) is 47.4 Å². The Hall–Kier alpha value is -1.80. The van der Waals surface area contributed by atoms with Gasteiger partial charge in [-0.15, -0.1) is 0 Å². The van der Waals surface area contributed by atoms with Crippen molar-refractivity contribution in [1.29, 1.82) is 0 Å². The van der Waals surface area contributed by atoms with E-state index in [0.29, 0.717) is 36.0 Å². The van der Waals surface area contributed by atoms with Crippen molar-refractivity contribution in [2.45, 2.75) is 24.3 Å². The van der Waals surface area contributed by atoms with Gasteiger partial charge in [0.25, 0.3) is 0 Å². The molecule has 1 fully saturated rings. The lowest BCUT2D eigenvalue weighted by Crippen LogP contribution is -2.45. The average molecular weight is 457 g/mol. The van der Waals surface area contributed by atoms with Crippen LogP contribution >= 0.6 is 23.2 Å². The maximum atomic E-state index is 13.1. The van der Waals surface area contributed by atoms with Crippen LogP contribution in [0.1, 0.15) is 18.4 Å². The number of sulfonamides is 1. The number of benzene rings is 2. The summed E-state index contributed by atoms with van der Waals surface area (Å²) in [6.45, 7) is 0.824. The number of nitrogens with one attached hydrogen (secondary N) is 1. The maximum Gasteiger partial charge on any atom is 0.246 e. The van der Waals surface area contributed by atoms with Crippen molar-refractivity contribution >= 4 is 39.1 Å². The van der Waals surface area contributed by atoms with Crippen molar-refractivity contribution in [3.63, 3.8) is 0 Å².